The molecule has 0 atom stereocenters. The SMILES string of the molecule is NCC(N)=NBr. The van der Waals surface area contributed by atoms with Crippen LogP contribution in [0.2, 0.25) is 0 Å². The molecule has 0 rings (SSSR count). The van der Waals surface area contributed by atoms with Gasteiger partial charge in [0.2, 0.25) is 0 Å². The molecule has 0 unspecified atom stereocenters. The molecule has 0 heterocycles. The van der Waals surface area contributed by atoms with Crippen LogP contribution in [0.3, 0.4) is 0 Å². The molecule has 0 fully saturated rings. The first-order valence-electron chi connectivity index (χ1n) is 1.44. The van der Waals surface area contributed by atoms with Gasteiger partial charge >= 0.3 is 0 Å². The fourth-order valence-corrected chi connectivity index (χ4v) is 0.179. The summed E-state index contributed by atoms with van der Waals surface area (Å²) in [4.78, 5) is 0. The van der Waals surface area contributed by atoms with E-state index >= 15 is 0 Å². The van der Waals surface area contributed by atoms with Crippen molar-refractivity contribution < 1.29 is 0 Å². The predicted molar refractivity (Wildman–Crippen MR) is 29.6 cm³/mol. The van der Waals surface area contributed by atoms with E-state index in [1.54, 1.807) is 0 Å². The number of amidine groups is 1. The molecule has 0 aliphatic heterocycles. The van der Waals surface area contributed by atoms with Gasteiger partial charge in [0.15, 0.2) is 0 Å². The van der Waals surface area contributed by atoms with Gasteiger partial charge in [0.25, 0.3) is 0 Å². The van der Waals surface area contributed by atoms with E-state index < -0.39 is 0 Å². The number of hydrogen-bond donors (Lipinski definition) is 2. The molecule has 4 N–H and O–H groups in total. The van der Waals surface area contributed by atoms with E-state index in [-0.39, 0.29) is 0 Å². The highest BCUT2D eigenvalue weighted by atomic mass is 79.9. The lowest BCUT2D eigenvalue weighted by Gasteiger charge is -1.83. The summed E-state index contributed by atoms with van der Waals surface area (Å²) in [5, 5.41) is 0. The summed E-state index contributed by atoms with van der Waals surface area (Å²) in [5.74, 6) is 0.412. The van der Waals surface area contributed by atoms with Crippen molar-refractivity contribution in [3.05, 3.63) is 0 Å². The Hall–Kier alpha value is -0.0900. The molecule has 0 radical (unpaired) electrons. The molecular formula is C2H6BrN3. The minimum Gasteiger partial charge on any atom is -0.386 e. The van der Waals surface area contributed by atoms with Gasteiger partial charge in [-0.25, -0.2) is 0 Å². The number of nitrogens with zero attached hydrogens (tertiary/aromatic N) is 1. The molecule has 0 aromatic carbocycles. The summed E-state index contributed by atoms with van der Waals surface area (Å²) in [6.07, 6.45) is 0. The van der Waals surface area contributed by atoms with Crippen molar-refractivity contribution in [3.8, 4) is 0 Å². The first kappa shape index (κ1) is 5.91. The molecule has 0 bridgehead atoms. The van der Waals surface area contributed by atoms with Crippen LogP contribution in [0.15, 0.2) is 4.02 Å². The molecule has 3 nitrogen and oxygen atoms in total. The summed E-state index contributed by atoms with van der Waals surface area (Å²) < 4.78 is 3.39. The highest BCUT2D eigenvalue weighted by Crippen LogP contribution is 1.76. The van der Waals surface area contributed by atoms with E-state index in [9.17, 15) is 0 Å². The second-order valence-electron chi connectivity index (χ2n) is 0.780. The molecule has 36 valence electrons. The first-order chi connectivity index (χ1) is 2.81. The zero-order chi connectivity index (χ0) is 4.99. The van der Waals surface area contributed by atoms with Gasteiger partial charge in [0.1, 0.15) is 5.84 Å². The van der Waals surface area contributed by atoms with E-state index in [0.717, 1.165) is 0 Å². The van der Waals surface area contributed by atoms with Crippen molar-refractivity contribution in [2.24, 2.45) is 15.5 Å². The second-order valence-corrected chi connectivity index (χ2v) is 1.13. The molecule has 0 saturated heterocycles. The molecule has 6 heavy (non-hydrogen) atoms. The lowest BCUT2D eigenvalue weighted by Crippen LogP contribution is -2.21. The molecule has 0 aromatic rings. The van der Waals surface area contributed by atoms with E-state index in [4.69, 9.17) is 11.5 Å². The molecule has 0 spiro atoms. The van der Waals surface area contributed by atoms with Crippen LogP contribution in [-0.4, -0.2) is 12.4 Å². The van der Waals surface area contributed by atoms with Crippen molar-refractivity contribution in [2.75, 3.05) is 6.54 Å². The van der Waals surface area contributed by atoms with Crippen LogP contribution in [0, 0.1) is 0 Å². The Morgan fingerprint density at radius 2 is 2.33 bits per heavy atom. The van der Waals surface area contributed by atoms with Crippen LogP contribution in [0.5, 0.6) is 0 Å². The molecule has 0 saturated carbocycles. The van der Waals surface area contributed by atoms with E-state index in [1.165, 1.54) is 0 Å². The fourth-order valence-electron chi connectivity index (χ4n) is 0.0345. The Morgan fingerprint density at radius 1 is 1.83 bits per heavy atom. The zero-order valence-corrected chi connectivity index (χ0v) is 4.77. The van der Waals surface area contributed by atoms with Gasteiger partial charge in [0.05, 0.1) is 22.7 Å². The maximum absolute atomic E-state index is 5.05. The van der Waals surface area contributed by atoms with Crippen molar-refractivity contribution >= 4 is 22.0 Å². The maximum atomic E-state index is 5.05. The normalized spacial score (nSPS) is 12.0. The Kier molecular flexibility index (Phi) is 3.07. The zero-order valence-electron chi connectivity index (χ0n) is 3.19. The van der Waals surface area contributed by atoms with Crippen molar-refractivity contribution in [2.45, 2.75) is 0 Å². The lowest BCUT2D eigenvalue weighted by atomic mass is 10.6. The standard InChI is InChI=1S/C2H6BrN3/c3-6-2(5)1-4/h1,4H2,(H2,5,6). The summed E-state index contributed by atoms with van der Waals surface area (Å²) in [7, 11) is 0. The van der Waals surface area contributed by atoms with Crippen LogP contribution in [-0.2, 0) is 0 Å². The molecule has 0 aromatic heterocycles. The van der Waals surface area contributed by atoms with Crippen molar-refractivity contribution in [1.29, 1.82) is 0 Å². The summed E-state index contributed by atoms with van der Waals surface area (Å²) in [6.45, 7) is 0.311. The maximum Gasteiger partial charge on any atom is 0.121 e. The lowest BCUT2D eigenvalue weighted by molar-refractivity contribution is 1.28. The van der Waals surface area contributed by atoms with Gasteiger partial charge in [-0.2, -0.15) is 4.02 Å². The minimum absolute atomic E-state index is 0.311. The molecule has 0 amide bonds. The average molecular weight is 152 g/mol. The number of halogens is 1. The number of rotatable bonds is 1. The highest BCUT2D eigenvalue weighted by molar-refractivity contribution is 9.08. The van der Waals surface area contributed by atoms with Gasteiger partial charge in [-0.1, -0.05) is 0 Å². The topological polar surface area (TPSA) is 64.4 Å². The van der Waals surface area contributed by atoms with Gasteiger partial charge < -0.3 is 11.5 Å². The minimum atomic E-state index is 0.311. The quantitative estimate of drug-likeness (QED) is 0.397. The predicted octanol–water partition coefficient (Wildman–Crippen LogP) is -0.388. The molecular weight excluding hydrogens is 146 g/mol. The monoisotopic (exact) mass is 151 g/mol. The van der Waals surface area contributed by atoms with Gasteiger partial charge in [-0.15, -0.1) is 0 Å². The van der Waals surface area contributed by atoms with Gasteiger partial charge in [0, 0.05) is 0 Å². The van der Waals surface area contributed by atoms with E-state index in [1.807, 2.05) is 0 Å². The van der Waals surface area contributed by atoms with Crippen LogP contribution < -0.4 is 11.5 Å². The van der Waals surface area contributed by atoms with E-state index in [0.29, 0.717) is 12.4 Å². The Morgan fingerprint density at radius 3 is 2.33 bits per heavy atom. The van der Waals surface area contributed by atoms with Crippen LogP contribution in [0.1, 0.15) is 0 Å². The molecule has 0 aliphatic carbocycles. The van der Waals surface area contributed by atoms with Crippen LogP contribution in [0.25, 0.3) is 0 Å². The Bertz CT molecular complexity index is 59.8. The van der Waals surface area contributed by atoms with Crippen molar-refractivity contribution in [1.82, 2.24) is 0 Å². The van der Waals surface area contributed by atoms with E-state index in [2.05, 4.69) is 20.2 Å². The second kappa shape index (κ2) is 3.11. The van der Waals surface area contributed by atoms with Crippen LogP contribution >= 0.6 is 16.1 Å². The van der Waals surface area contributed by atoms with Crippen molar-refractivity contribution in [3.63, 3.8) is 0 Å². The third kappa shape index (κ3) is 2.17. The van der Waals surface area contributed by atoms with Crippen LogP contribution in [0.4, 0.5) is 0 Å². The smallest absolute Gasteiger partial charge is 0.121 e. The number of hydrogen-bond acceptors (Lipinski definition) is 2. The third-order valence-corrected chi connectivity index (χ3v) is 0.773. The highest BCUT2D eigenvalue weighted by Gasteiger charge is 1.77. The van der Waals surface area contributed by atoms with Gasteiger partial charge in [-0.3, -0.25) is 0 Å². The number of nitrogens with two attached hydrogens (primary N) is 2. The largest absolute Gasteiger partial charge is 0.386 e. The summed E-state index contributed by atoms with van der Waals surface area (Å²) >= 11 is 2.76. The summed E-state index contributed by atoms with van der Waals surface area (Å²) in [5.41, 5.74) is 10.0. The first-order valence-corrected chi connectivity index (χ1v) is 2.15. The third-order valence-electron chi connectivity index (χ3n) is 0.318. The Balaban J connectivity index is 3.22. The Labute approximate surface area is 44.8 Å². The molecule has 4 heteroatoms. The summed E-state index contributed by atoms with van der Waals surface area (Å²) in [6, 6.07) is 0. The average Bonchev–Trinajstić information content (AvgIpc) is 1.65. The fraction of sp³-hybridized carbons (Fsp3) is 0.500. The molecule has 0 aliphatic rings. The van der Waals surface area contributed by atoms with Gasteiger partial charge in [-0.05, 0) is 0 Å².